The zero-order chi connectivity index (χ0) is 19.5. The lowest BCUT2D eigenvalue weighted by atomic mass is 9.92. The SMILES string of the molecule is CC(C)CCN1C(=O)C(C)(C)COc2ccc(NC(=O)NC(C)C)cc21. The Kier molecular flexibility index (Phi) is 6.16. The number of fused-ring (bicyclic) bond motifs is 1. The molecule has 1 aliphatic rings. The van der Waals surface area contributed by atoms with Gasteiger partial charge in [-0.15, -0.1) is 0 Å². The van der Waals surface area contributed by atoms with Gasteiger partial charge in [-0.1, -0.05) is 13.8 Å². The summed E-state index contributed by atoms with van der Waals surface area (Å²) >= 11 is 0. The number of hydrogen-bond donors (Lipinski definition) is 2. The lowest BCUT2D eigenvalue weighted by Crippen LogP contribution is -2.43. The number of hydrogen-bond acceptors (Lipinski definition) is 3. The van der Waals surface area contributed by atoms with Crippen LogP contribution >= 0.6 is 0 Å². The van der Waals surface area contributed by atoms with Crippen molar-refractivity contribution < 1.29 is 14.3 Å². The topological polar surface area (TPSA) is 70.7 Å². The highest BCUT2D eigenvalue weighted by Gasteiger charge is 2.37. The number of nitrogens with one attached hydrogen (secondary N) is 2. The van der Waals surface area contributed by atoms with Crippen molar-refractivity contribution in [2.45, 2.75) is 54.0 Å². The molecule has 3 amide bonds. The second-order valence-electron chi connectivity index (χ2n) is 8.25. The quantitative estimate of drug-likeness (QED) is 0.832. The minimum absolute atomic E-state index is 0.0423. The van der Waals surface area contributed by atoms with E-state index in [0.717, 1.165) is 6.42 Å². The first-order valence-corrected chi connectivity index (χ1v) is 9.26. The van der Waals surface area contributed by atoms with E-state index in [1.54, 1.807) is 11.0 Å². The van der Waals surface area contributed by atoms with Crippen LogP contribution in [0.25, 0.3) is 0 Å². The third kappa shape index (κ3) is 4.90. The Balaban J connectivity index is 2.33. The van der Waals surface area contributed by atoms with Crippen LogP contribution < -0.4 is 20.3 Å². The first kappa shape index (κ1) is 20.1. The van der Waals surface area contributed by atoms with Crippen LogP contribution in [0, 0.1) is 11.3 Å². The molecule has 0 radical (unpaired) electrons. The van der Waals surface area contributed by atoms with Crippen LogP contribution in [0.1, 0.15) is 48.0 Å². The van der Waals surface area contributed by atoms with E-state index in [4.69, 9.17) is 4.74 Å². The van der Waals surface area contributed by atoms with Gasteiger partial charge in [0.15, 0.2) is 0 Å². The predicted octanol–water partition coefficient (Wildman–Crippen LogP) is 4.01. The lowest BCUT2D eigenvalue weighted by Gasteiger charge is -2.28. The van der Waals surface area contributed by atoms with Crippen LogP contribution in [0.2, 0.25) is 0 Å². The summed E-state index contributed by atoms with van der Waals surface area (Å²) in [5, 5.41) is 5.62. The number of amides is 3. The number of nitrogens with zero attached hydrogens (tertiary/aromatic N) is 1. The Hall–Kier alpha value is -2.24. The summed E-state index contributed by atoms with van der Waals surface area (Å²) < 4.78 is 5.90. The molecule has 2 N–H and O–H groups in total. The maximum Gasteiger partial charge on any atom is 0.319 e. The minimum Gasteiger partial charge on any atom is -0.490 e. The van der Waals surface area contributed by atoms with Crippen molar-refractivity contribution in [3.8, 4) is 5.75 Å². The van der Waals surface area contributed by atoms with E-state index in [-0.39, 0.29) is 18.0 Å². The molecule has 0 aliphatic carbocycles. The van der Waals surface area contributed by atoms with Crippen LogP contribution in [0.15, 0.2) is 18.2 Å². The standard InChI is InChI=1S/C20H31N3O3/c1-13(2)9-10-23-16-11-15(22-19(25)21-14(3)4)7-8-17(16)26-12-20(5,6)18(23)24/h7-8,11,13-14H,9-10,12H2,1-6H3,(H2,21,22,25). The van der Waals surface area contributed by atoms with Crippen LogP contribution in [-0.4, -0.2) is 31.1 Å². The Morgan fingerprint density at radius 3 is 2.58 bits per heavy atom. The molecule has 0 spiro atoms. The molecule has 6 heteroatoms. The fourth-order valence-electron chi connectivity index (χ4n) is 2.76. The number of rotatable bonds is 5. The van der Waals surface area contributed by atoms with Gasteiger partial charge in [-0.25, -0.2) is 4.79 Å². The maximum absolute atomic E-state index is 13.1. The summed E-state index contributed by atoms with van der Waals surface area (Å²) in [6.45, 7) is 12.8. The molecule has 26 heavy (non-hydrogen) atoms. The molecule has 2 rings (SSSR count). The fraction of sp³-hybridized carbons (Fsp3) is 0.600. The third-order valence-corrected chi connectivity index (χ3v) is 4.27. The largest absolute Gasteiger partial charge is 0.490 e. The van der Waals surface area contributed by atoms with E-state index in [0.29, 0.717) is 36.2 Å². The number of urea groups is 1. The molecule has 1 heterocycles. The number of carbonyl (C=O) groups is 2. The van der Waals surface area contributed by atoms with Crippen molar-refractivity contribution in [3.05, 3.63) is 18.2 Å². The normalized spacial score (nSPS) is 16.2. The van der Waals surface area contributed by atoms with Crippen molar-refractivity contribution in [1.29, 1.82) is 0 Å². The highest BCUT2D eigenvalue weighted by molar-refractivity contribution is 6.00. The molecule has 0 bridgehead atoms. The first-order valence-electron chi connectivity index (χ1n) is 9.26. The highest BCUT2D eigenvalue weighted by Crippen LogP contribution is 2.38. The van der Waals surface area contributed by atoms with Crippen LogP contribution in [0.3, 0.4) is 0 Å². The van der Waals surface area contributed by atoms with E-state index in [1.807, 2.05) is 39.8 Å². The average molecular weight is 361 g/mol. The molecule has 0 saturated carbocycles. The molecule has 0 saturated heterocycles. The fourth-order valence-corrected chi connectivity index (χ4v) is 2.76. The smallest absolute Gasteiger partial charge is 0.319 e. The Morgan fingerprint density at radius 2 is 1.96 bits per heavy atom. The summed E-state index contributed by atoms with van der Waals surface area (Å²) in [5.41, 5.74) is 0.745. The zero-order valence-corrected chi connectivity index (χ0v) is 16.7. The molecule has 0 aromatic heterocycles. The van der Waals surface area contributed by atoms with Crippen LogP contribution in [0.5, 0.6) is 5.75 Å². The zero-order valence-electron chi connectivity index (χ0n) is 16.7. The summed E-state index contributed by atoms with van der Waals surface area (Å²) in [5.74, 6) is 1.19. The van der Waals surface area contributed by atoms with Crippen molar-refractivity contribution in [1.82, 2.24) is 5.32 Å². The Morgan fingerprint density at radius 1 is 1.27 bits per heavy atom. The minimum atomic E-state index is -0.599. The molecule has 0 atom stereocenters. The number of benzene rings is 1. The second kappa shape index (κ2) is 7.98. The van der Waals surface area contributed by atoms with E-state index < -0.39 is 5.41 Å². The average Bonchev–Trinajstić information content (AvgIpc) is 2.61. The van der Waals surface area contributed by atoms with Gasteiger partial charge < -0.3 is 20.3 Å². The van der Waals surface area contributed by atoms with Gasteiger partial charge in [-0.2, -0.15) is 0 Å². The Labute approximate surface area is 156 Å². The molecule has 0 unspecified atom stereocenters. The van der Waals surface area contributed by atoms with Crippen molar-refractivity contribution >= 4 is 23.3 Å². The van der Waals surface area contributed by atoms with Crippen molar-refractivity contribution in [2.24, 2.45) is 11.3 Å². The van der Waals surface area contributed by atoms with E-state index in [9.17, 15) is 9.59 Å². The summed E-state index contributed by atoms with van der Waals surface area (Å²) in [7, 11) is 0. The summed E-state index contributed by atoms with van der Waals surface area (Å²) in [6, 6.07) is 5.20. The molecule has 0 fully saturated rings. The first-order chi connectivity index (χ1) is 12.1. The van der Waals surface area contributed by atoms with Gasteiger partial charge >= 0.3 is 6.03 Å². The predicted molar refractivity (Wildman–Crippen MR) is 105 cm³/mol. The van der Waals surface area contributed by atoms with Crippen molar-refractivity contribution in [3.63, 3.8) is 0 Å². The molecular formula is C20H31N3O3. The molecule has 144 valence electrons. The second-order valence-corrected chi connectivity index (χ2v) is 8.25. The Bertz CT molecular complexity index is 668. The summed E-state index contributed by atoms with van der Waals surface area (Å²) in [4.78, 5) is 26.9. The van der Waals surface area contributed by atoms with E-state index >= 15 is 0 Å². The molecule has 1 aliphatic heterocycles. The van der Waals surface area contributed by atoms with Gasteiger partial charge in [0.1, 0.15) is 12.4 Å². The van der Waals surface area contributed by atoms with Gasteiger partial charge in [0.25, 0.3) is 0 Å². The van der Waals surface area contributed by atoms with Gasteiger partial charge in [0.2, 0.25) is 5.91 Å². The molecule has 1 aromatic carbocycles. The lowest BCUT2D eigenvalue weighted by molar-refractivity contribution is -0.127. The van der Waals surface area contributed by atoms with Crippen LogP contribution in [0.4, 0.5) is 16.2 Å². The van der Waals surface area contributed by atoms with Crippen molar-refractivity contribution in [2.75, 3.05) is 23.4 Å². The molecule has 6 nitrogen and oxygen atoms in total. The third-order valence-electron chi connectivity index (χ3n) is 4.27. The van der Waals surface area contributed by atoms with E-state index in [1.165, 1.54) is 0 Å². The maximum atomic E-state index is 13.1. The number of anilines is 2. The molecule has 1 aromatic rings. The van der Waals surface area contributed by atoms with Crippen LogP contribution in [-0.2, 0) is 4.79 Å². The number of carbonyl (C=O) groups excluding carboxylic acids is 2. The summed E-state index contributed by atoms with van der Waals surface area (Å²) in [6.07, 6.45) is 0.896. The monoisotopic (exact) mass is 361 g/mol. The number of ether oxygens (including phenoxy) is 1. The van der Waals surface area contributed by atoms with Gasteiger partial charge in [0.05, 0.1) is 11.1 Å². The van der Waals surface area contributed by atoms with Gasteiger partial charge in [0, 0.05) is 18.3 Å². The van der Waals surface area contributed by atoms with Gasteiger partial charge in [-0.3, -0.25) is 4.79 Å². The molecular weight excluding hydrogens is 330 g/mol. The van der Waals surface area contributed by atoms with E-state index in [2.05, 4.69) is 24.5 Å². The van der Waals surface area contributed by atoms with Gasteiger partial charge in [-0.05, 0) is 58.2 Å². The highest BCUT2D eigenvalue weighted by atomic mass is 16.5.